The minimum absolute atomic E-state index is 0.155. The number of nitrogens with one attached hydrogen (secondary N) is 1. The Hall–Kier alpha value is -1.69. The standard InChI is InChI=1S/C14H17BrN2O3/c15-12-6-4-5-11(9-12)10-16-17-13(18)7-2-1-3-8-14(19)20/h4-6,9-10H,1-3,7-8H2,(H,17,18)(H,19,20)/b16-10+. The summed E-state index contributed by atoms with van der Waals surface area (Å²) in [5.41, 5.74) is 3.34. The fraction of sp³-hybridized carbons (Fsp3) is 0.357. The Morgan fingerprint density at radius 2 is 2.00 bits per heavy atom. The Bertz CT molecular complexity index is 489. The number of unbranched alkanes of at least 4 members (excludes halogenated alkanes) is 2. The summed E-state index contributed by atoms with van der Waals surface area (Å²) in [6.07, 6.45) is 4.09. The number of hydrazone groups is 1. The van der Waals surface area contributed by atoms with Crippen molar-refractivity contribution in [1.82, 2.24) is 5.43 Å². The average Bonchev–Trinajstić information content (AvgIpc) is 2.38. The van der Waals surface area contributed by atoms with Crippen LogP contribution in [-0.2, 0) is 9.59 Å². The van der Waals surface area contributed by atoms with Gasteiger partial charge >= 0.3 is 5.97 Å². The number of hydrogen-bond acceptors (Lipinski definition) is 3. The molecule has 1 amide bonds. The maximum Gasteiger partial charge on any atom is 0.303 e. The van der Waals surface area contributed by atoms with Crippen molar-refractivity contribution in [2.24, 2.45) is 5.10 Å². The summed E-state index contributed by atoms with van der Waals surface area (Å²) in [7, 11) is 0. The van der Waals surface area contributed by atoms with Crippen LogP contribution < -0.4 is 5.43 Å². The van der Waals surface area contributed by atoms with Crippen molar-refractivity contribution in [3.8, 4) is 0 Å². The summed E-state index contributed by atoms with van der Waals surface area (Å²) in [5, 5.41) is 12.3. The zero-order chi connectivity index (χ0) is 14.8. The molecule has 1 aromatic rings. The number of nitrogens with zero attached hydrogens (tertiary/aromatic N) is 1. The van der Waals surface area contributed by atoms with E-state index >= 15 is 0 Å². The third-order valence-corrected chi connectivity index (χ3v) is 3.04. The van der Waals surface area contributed by atoms with Crippen LogP contribution in [0.1, 0.15) is 37.7 Å². The molecule has 6 heteroatoms. The van der Waals surface area contributed by atoms with Crippen LogP contribution in [0.15, 0.2) is 33.8 Å². The third-order valence-electron chi connectivity index (χ3n) is 2.55. The maximum atomic E-state index is 11.4. The predicted molar refractivity (Wildman–Crippen MR) is 80.6 cm³/mol. The molecule has 0 aromatic heterocycles. The van der Waals surface area contributed by atoms with Crippen LogP contribution in [-0.4, -0.2) is 23.2 Å². The highest BCUT2D eigenvalue weighted by Gasteiger charge is 2.01. The molecule has 0 saturated heterocycles. The number of hydrogen-bond donors (Lipinski definition) is 2. The molecule has 0 atom stereocenters. The molecule has 1 aromatic carbocycles. The number of carboxylic acid groups (broad SMARTS) is 1. The van der Waals surface area contributed by atoms with E-state index < -0.39 is 5.97 Å². The highest BCUT2D eigenvalue weighted by atomic mass is 79.9. The van der Waals surface area contributed by atoms with E-state index in [2.05, 4.69) is 26.5 Å². The van der Waals surface area contributed by atoms with Gasteiger partial charge < -0.3 is 5.11 Å². The number of rotatable bonds is 8. The van der Waals surface area contributed by atoms with Gasteiger partial charge in [-0.1, -0.05) is 34.5 Å². The molecule has 0 bridgehead atoms. The smallest absolute Gasteiger partial charge is 0.303 e. The fourth-order valence-electron chi connectivity index (χ4n) is 1.56. The van der Waals surface area contributed by atoms with E-state index in [4.69, 9.17) is 5.11 Å². The van der Waals surface area contributed by atoms with Gasteiger partial charge in [0.2, 0.25) is 5.91 Å². The molecule has 0 aliphatic rings. The number of carbonyl (C=O) groups is 2. The molecule has 0 unspecified atom stereocenters. The molecule has 0 spiro atoms. The summed E-state index contributed by atoms with van der Waals surface area (Å²) < 4.78 is 0.950. The summed E-state index contributed by atoms with van der Waals surface area (Å²) in [6.45, 7) is 0. The Balaban J connectivity index is 2.18. The molecule has 0 radical (unpaired) electrons. The van der Waals surface area contributed by atoms with Crippen LogP contribution in [0.4, 0.5) is 0 Å². The second kappa shape index (κ2) is 9.25. The van der Waals surface area contributed by atoms with Crippen molar-refractivity contribution in [2.75, 3.05) is 0 Å². The number of aliphatic carboxylic acids is 1. The van der Waals surface area contributed by atoms with Gasteiger partial charge in [0.25, 0.3) is 0 Å². The van der Waals surface area contributed by atoms with Gasteiger partial charge in [-0.05, 0) is 30.5 Å². The van der Waals surface area contributed by atoms with E-state index in [1.807, 2.05) is 24.3 Å². The molecule has 2 N–H and O–H groups in total. The van der Waals surface area contributed by atoms with Crippen molar-refractivity contribution < 1.29 is 14.7 Å². The highest BCUT2D eigenvalue weighted by Crippen LogP contribution is 2.09. The van der Waals surface area contributed by atoms with Crippen molar-refractivity contribution in [2.45, 2.75) is 32.1 Å². The molecule has 0 saturated carbocycles. The van der Waals surface area contributed by atoms with Crippen LogP contribution in [0.25, 0.3) is 0 Å². The van der Waals surface area contributed by atoms with Crippen LogP contribution >= 0.6 is 15.9 Å². The Morgan fingerprint density at radius 1 is 1.25 bits per heavy atom. The quantitative estimate of drug-likeness (QED) is 0.433. The summed E-state index contributed by atoms with van der Waals surface area (Å²) >= 11 is 3.35. The number of halogens is 1. The van der Waals surface area contributed by atoms with E-state index in [1.165, 1.54) is 0 Å². The zero-order valence-electron chi connectivity index (χ0n) is 11.0. The first-order valence-electron chi connectivity index (χ1n) is 6.37. The van der Waals surface area contributed by atoms with Gasteiger partial charge in [-0.3, -0.25) is 9.59 Å². The van der Waals surface area contributed by atoms with E-state index in [9.17, 15) is 9.59 Å². The highest BCUT2D eigenvalue weighted by molar-refractivity contribution is 9.10. The van der Waals surface area contributed by atoms with Gasteiger partial charge in [-0.15, -0.1) is 0 Å². The van der Waals surface area contributed by atoms with Gasteiger partial charge in [-0.2, -0.15) is 5.10 Å². The number of carbonyl (C=O) groups excluding carboxylic acids is 1. The molecule has 1 rings (SSSR count). The SMILES string of the molecule is O=C(O)CCCCCC(=O)N/N=C/c1cccc(Br)c1. The number of carboxylic acids is 1. The normalized spacial score (nSPS) is 10.7. The van der Waals surface area contributed by atoms with E-state index in [0.717, 1.165) is 16.5 Å². The van der Waals surface area contributed by atoms with Gasteiger partial charge in [0.1, 0.15) is 0 Å². The summed E-state index contributed by atoms with van der Waals surface area (Å²) in [5.74, 6) is -0.959. The summed E-state index contributed by atoms with van der Waals surface area (Å²) in [6, 6.07) is 7.57. The summed E-state index contributed by atoms with van der Waals surface area (Å²) in [4.78, 5) is 21.7. The molecule has 5 nitrogen and oxygen atoms in total. The average molecular weight is 341 g/mol. The molecule has 0 fully saturated rings. The maximum absolute atomic E-state index is 11.4. The lowest BCUT2D eigenvalue weighted by atomic mass is 10.1. The lowest BCUT2D eigenvalue weighted by molar-refractivity contribution is -0.137. The topological polar surface area (TPSA) is 78.8 Å². The first kappa shape index (κ1) is 16.4. The molecule has 0 heterocycles. The largest absolute Gasteiger partial charge is 0.481 e. The van der Waals surface area contributed by atoms with E-state index in [-0.39, 0.29) is 12.3 Å². The third kappa shape index (κ3) is 7.68. The van der Waals surface area contributed by atoms with Crippen molar-refractivity contribution >= 4 is 34.0 Å². The van der Waals surface area contributed by atoms with Crippen molar-refractivity contribution in [3.05, 3.63) is 34.3 Å². The monoisotopic (exact) mass is 340 g/mol. The molecule has 0 aliphatic carbocycles. The second-order valence-electron chi connectivity index (χ2n) is 4.30. The van der Waals surface area contributed by atoms with Crippen molar-refractivity contribution in [1.29, 1.82) is 0 Å². The second-order valence-corrected chi connectivity index (χ2v) is 5.22. The van der Waals surface area contributed by atoms with Crippen LogP contribution in [0.5, 0.6) is 0 Å². The Kier molecular flexibility index (Phi) is 7.57. The lowest BCUT2D eigenvalue weighted by Crippen LogP contribution is -2.16. The fourth-order valence-corrected chi connectivity index (χ4v) is 1.98. The first-order valence-corrected chi connectivity index (χ1v) is 7.16. The minimum Gasteiger partial charge on any atom is -0.481 e. The van der Waals surface area contributed by atoms with Gasteiger partial charge in [-0.25, -0.2) is 5.43 Å². The lowest BCUT2D eigenvalue weighted by Gasteiger charge is -2.00. The number of amides is 1. The molecule has 0 aliphatic heterocycles. The first-order chi connectivity index (χ1) is 9.58. The predicted octanol–water partition coefficient (Wildman–Crippen LogP) is 2.93. The van der Waals surface area contributed by atoms with Crippen LogP contribution in [0.2, 0.25) is 0 Å². The van der Waals surface area contributed by atoms with Crippen molar-refractivity contribution in [3.63, 3.8) is 0 Å². The Labute approximate surface area is 126 Å². The van der Waals surface area contributed by atoms with Crippen LogP contribution in [0, 0.1) is 0 Å². The van der Waals surface area contributed by atoms with Gasteiger partial charge in [0, 0.05) is 17.3 Å². The molecule has 108 valence electrons. The van der Waals surface area contributed by atoms with Gasteiger partial charge in [0.05, 0.1) is 6.21 Å². The van der Waals surface area contributed by atoms with Crippen LogP contribution in [0.3, 0.4) is 0 Å². The zero-order valence-corrected chi connectivity index (χ0v) is 12.6. The molecular formula is C14H17BrN2O3. The van der Waals surface area contributed by atoms with E-state index in [0.29, 0.717) is 19.3 Å². The molecule has 20 heavy (non-hydrogen) atoms. The van der Waals surface area contributed by atoms with E-state index in [1.54, 1.807) is 6.21 Å². The number of benzene rings is 1. The minimum atomic E-state index is -0.798. The Morgan fingerprint density at radius 3 is 2.70 bits per heavy atom. The molecular weight excluding hydrogens is 324 g/mol. The van der Waals surface area contributed by atoms with Gasteiger partial charge in [0.15, 0.2) is 0 Å².